The molecule has 0 unspecified atom stereocenters. The average Bonchev–Trinajstić information content (AvgIpc) is 2.05. The van der Waals surface area contributed by atoms with Crippen molar-refractivity contribution >= 4 is 0 Å². The highest BCUT2D eigenvalue weighted by Crippen LogP contribution is 2.06. The van der Waals surface area contributed by atoms with Crippen LogP contribution in [0.25, 0.3) is 0 Å². The fourth-order valence-corrected chi connectivity index (χ4v) is 0.907. The molecule has 0 amide bonds. The van der Waals surface area contributed by atoms with Gasteiger partial charge in [-0.3, -0.25) is 0 Å². The summed E-state index contributed by atoms with van der Waals surface area (Å²) in [4.78, 5) is 0. The first-order valence-electron chi connectivity index (χ1n) is 3.67. The maximum atomic E-state index is 9.22. The zero-order valence-corrected chi connectivity index (χ0v) is 6.90. The summed E-state index contributed by atoms with van der Waals surface area (Å²) >= 11 is 0. The Kier molecular flexibility index (Phi) is 5.41. The van der Waals surface area contributed by atoms with E-state index in [2.05, 4.69) is 0 Å². The molecule has 68 valence electrons. The molecule has 0 aromatic carbocycles. The van der Waals surface area contributed by atoms with E-state index in [1.807, 2.05) is 0 Å². The minimum atomic E-state index is -1.00. The predicted molar refractivity (Wildman–Crippen MR) is 40.2 cm³/mol. The van der Waals surface area contributed by atoms with E-state index >= 15 is 0 Å². The van der Waals surface area contributed by atoms with Crippen LogP contribution in [-0.2, 0) is 4.74 Å². The Hall–Kier alpha value is -0.160. The van der Waals surface area contributed by atoms with Crippen LogP contribution in [0, 0.1) is 0 Å². The van der Waals surface area contributed by atoms with Crippen molar-refractivity contribution in [3.05, 3.63) is 0 Å². The Morgan fingerprint density at radius 1 is 1.27 bits per heavy atom. The zero-order chi connectivity index (χ0) is 8.85. The molecule has 0 saturated carbocycles. The van der Waals surface area contributed by atoms with E-state index in [0.29, 0.717) is 6.42 Å². The van der Waals surface area contributed by atoms with E-state index < -0.39 is 24.9 Å². The van der Waals surface area contributed by atoms with Gasteiger partial charge in [-0.2, -0.15) is 0 Å². The Balaban J connectivity index is 3.92. The second-order valence-corrected chi connectivity index (χ2v) is 2.43. The third-order valence-corrected chi connectivity index (χ3v) is 1.64. The summed E-state index contributed by atoms with van der Waals surface area (Å²) in [6.45, 7) is 1.39. The normalized spacial score (nSPS) is 19.4. The van der Waals surface area contributed by atoms with Gasteiger partial charge in [-0.15, -0.1) is 0 Å². The van der Waals surface area contributed by atoms with Gasteiger partial charge in [0.25, 0.3) is 0 Å². The molecule has 0 radical (unpaired) electrons. The van der Waals surface area contributed by atoms with Gasteiger partial charge in [-0.1, -0.05) is 6.92 Å². The van der Waals surface area contributed by atoms with Crippen LogP contribution in [0.4, 0.5) is 0 Å². The van der Waals surface area contributed by atoms with Gasteiger partial charge in [-0.05, 0) is 6.42 Å². The Bertz CT molecular complexity index is 86.4. The molecule has 4 heteroatoms. The largest absolute Gasteiger partial charge is 0.394 e. The molecule has 0 fully saturated rings. The van der Waals surface area contributed by atoms with Gasteiger partial charge in [0.05, 0.1) is 12.7 Å². The van der Waals surface area contributed by atoms with Crippen LogP contribution >= 0.6 is 0 Å². The molecule has 0 bridgehead atoms. The molecule has 0 aromatic rings. The lowest BCUT2D eigenvalue weighted by Gasteiger charge is -2.23. The number of methoxy groups -OCH3 is 1. The van der Waals surface area contributed by atoms with Crippen LogP contribution in [0.1, 0.15) is 13.3 Å². The maximum Gasteiger partial charge on any atom is 0.111 e. The molecule has 3 N–H and O–H groups in total. The number of rotatable bonds is 5. The first kappa shape index (κ1) is 10.8. The third kappa shape index (κ3) is 3.16. The van der Waals surface area contributed by atoms with Crippen molar-refractivity contribution in [2.24, 2.45) is 0 Å². The van der Waals surface area contributed by atoms with Crippen LogP contribution in [0.5, 0.6) is 0 Å². The smallest absolute Gasteiger partial charge is 0.111 e. The summed E-state index contributed by atoms with van der Waals surface area (Å²) in [5.41, 5.74) is 0. The van der Waals surface area contributed by atoms with Gasteiger partial charge < -0.3 is 20.1 Å². The van der Waals surface area contributed by atoms with Gasteiger partial charge in [0.2, 0.25) is 0 Å². The van der Waals surface area contributed by atoms with Crippen LogP contribution < -0.4 is 0 Å². The SMILES string of the molecule is CC[C@@H](O)[C@H](OC)[C@@H](O)CO. The number of aliphatic hydroxyl groups excluding tert-OH is 3. The molecule has 0 saturated heterocycles. The Morgan fingerprint density at radius 2 is 1.82 bits per heavy atom. The van der Waals surface area contributed by atoms with Crippen molar-refractivity contribution < 1.29 is 20.1 Å². The molecule has 0 aliphatic carbocycles. The molecule has 4 nitrogen and oxygen atoms in total. The van der Waals surface area contributed by atoms with Crippen LogP contribution in [0.3, 0.4) is 0 Å². The minimum Gasteiger partial charge on any atom is -0.394 e. The molecule has 0 aliphatic rings. The predicted octanol–water partition coefficient (Wildman–Crippen LogP) is -0.875. The lowest BCUT2D eigenvalue weighted by atomic mass is 10.1. The van der Waals surface area contributed by atoms with Crippen molar-refractivity contribution in [2.75, 3.05) is 13.7 Å². The molecular formula is C7H16O4. The van der Waals surface area contributed by atoms with Crippen molar-refractivity contribution in [2.45, 2.75) is 31.7 Å². The number of ether oxygens (including phenoxy) is 1. The number of aliphatic hydroxyl groups is 3. The highest BCUT2D eigenvalue weighted by atomic mass is 16.5. The first-order chi connectivity index (χ1) is 5.17. The summed E-state index contributed by atoms with van der Waals surface area (Å²) in [7, 11) is 1.39. The number of hydrogen-bond acceptors (Lipinski definition) is 4. The van der Waals surface area contributed by atoms with E-state index in [4.69, 9.17) is 14.9 Å². The van der Waals surface area contributed by atoms with E-state index in [0.717, 1.165) is 0 Å². The van der Waals surface area contributed by atoms with Crippen LogP contribution in [-0.4, -0.2) is 47.3 Å². The van der Waals surface area contributed by atoms with Gasteiger partial charge in [0.15, 0.2) is 0 Å². The quantitative estimate of drug-likeness (QED) is 0.494. The molecule has 11 heavy (non-hydrogen) atoms. The van der Waals surface area contributed by atoms with Crippen LogP contribution in [0.2, 0.25) is 0 Å². The van der Waals surface area contributed by atoms with Crippen molar-refractivity contribution in [3.8, 4) is 0 Å². The van der Waals surface area contributed by atoms with Crippen LogP contribution in [0.15, 0.2) is 0 Å². The number of hydrogen-bond donors (Lipinski definition) is 3. The summed E-state index contributed by atoms with van der Waals surface area (Å²) in [6, 6.07) is 0. The van der Waals surface area contributed by atoms with Gasteiger partial charge in [0.1, 0.15) is 12.2 Å². The van der Waals surface area contributed by atoms with Gasteiger partial charge in [-0.25, -0.2) is 0 Å². The van der Waals surface area contributed by atoms with E-state index in [1.54, 1.807) is 6.92 Å². The molecule has 0 spiro atoms. The highest BCUT2D eigenvalue weighted by molar-refractivity contribution is 4.74. The summed E-state index contributed by atoms with van der Waals surface area (Å²) in [5, 5.41) is 26.8. The van der Waals surface area contributed by atoms with Crippen molar-refractivity contribution in [1.29, 1.82) is 0 Å². The fourth-order valence-electron chi connectivity index (χ4n) is 0.907. The lowest BCUT2D eigenvalue weighted by Crippen LogP contribution is -2.40. The van der Waals surface area contributed by atoms with Gasteiger partial charge >= 0.3 is 0 Å². The lowest BCUT2D eigenvalue weighted by molar-refractivity contribution is -0.0963. The van der Waals surface area contributed by atoms with E-state index in [-0.39, 0.29) is 0 Å². The van der Waals surface area contributed by atoms with E-state index in [1.165, 1.54) is 7.11 Å². The van der Waals surface area contributed by atoms with Gasteiger partial charge in [0, 0.05) is 7.11 Å². The van der Waals surface area contributed by atoms with Crippen molar-refractivity contribution in [3.63, 3.8) is 0 Å². The summed E-state index contributed by atoms with van der Waals surface area (Å²) in [5.74, 6) is 0. The Labute approximate surface area is 66.4 Å². The first-order valence-corrected chi connectivity index (χ1v) is 3.67. The highest BCUT2D eigenvalue weighted by Gasteiger charge is 2.24. The second kappa shape index (κ2) is 5.49. The monoisotopic (exact) mass is 164 g/mol. The standard InChI is InChI=1S/C7H16O4/c1-3-5(9)7(11-2)6(10)4-8/h5-10H,3-4H2,1-2H3/t5-,6+,7+/m1/s1. The van der Waals surface area contributed by atoms with Crippen molar-refractivity contribution in [1.82, 2.24) is 0 Å². The topological polar surface area (TPSA) is 69.9 Å². The fraction of sp³-hybridized carbons (Fsp3) is 1.00. The minimum absolute atomic E-state index is 0.393. The molecule has 3 atom stereocenters. The average molecular weight is 164 g/mol. The molecular weight excluding hydrogens is 148 g/mol. The molecule has 0 heterocycles. The third-order valence-electron chi connectivity index (χ3n) is 1.64. The summed E-state index contributed by atoms with van der Waals surface area (Å²) in [6.07, 6.45) is -1.92. The molecule has 0 aromatic heterocycles. The molecule has 0 aliphatic heterocycles. The van der Waals surface area contributed by atoms with E-state index in [9.17, 15) is 5.11 Å². The summed E-state index contributed by atoms with van der Waals surface area (Å²) < 4.78 is 4.80. The zero-order valence-electron chi connectivity index (χ0n) is 6.90. The molecule has 0 rings (SSSR count). The Morgan fingerprint density at radius 3 is 2.09 bits per heavy atom. The second-order valence-electron chi connectivity index (χ2n) is 2.43. The maximum absolute atomic E-state index is 9.22.